The second kappa shape index (κ2) is 4.98. The van der Waals surface area contributed by atoms with Gasteiger partial charge in [-0.3, -0.25) is 0 Å². The van der Waals surface area contributed by atoms with E-state index in [0.29, 0.717) is 5.56 Å². The van der Waals surface area contributed by atoms with Gasteiger partial charge in [0.15, 0.2) is 0 Å². The van der Waals surface area contributed by atoms with Crippen molar-refractivity contribution in [2.24, 2.45) is 5.73 Å². The molecule has 1 aromatic carbocycles. The summed E-state index contributed by atoms with van der Waals surface area (Å²) >= 11 is 1.66. The number of hydrogen-bond donors (Lipinski definition) is 1. The Morgan fingerprint density at radius 2 is 2.06 bits per heavy atom. The standard InChI is InChI=1S/C14H16FNS/c1-3-10-5-7-13(17-10)14(16)11-6-4-9(2)8-12(11)15/h4-8,14H,3,16H2,1-2H3. The summed E-state index contributed by atoms with van der Waals surface area (Å²) < 4.78 is 13.8. The van der Waals surface area contributed by atoms with Crippen LogP contribution in [0.4, 0.5) is 4.39 Å². The second-order valence-electron chi connectivity index (χ2n) is 4.16. The molecule has 0 aliphatic rings. The Labute approximate surface area is 105 Å². The first-order valence-corrected chi connectivity index (χ1v) is 6.53. The van der Waals surface area contributed by atoms with Crippen molar-refractivity contribution in [2.75, 3.05) is 0 Å². The lowest BCUT2D eigenvalue weighted by Gasteiger charge is -2.11. The zero-order valence-electron chi connectivity index (χ0n) is 10.0. The van der Waals surface area contributed by atoms with E-state index in [2.05, 4.69) is 13.0 Å². The second-order valence-corrected chi connectivity index (χ2v) is 5.36. The van der Waals surface area contributed by atoms with Crippen LogP contribution < -0.4 is 5.73 Å². The number of rotatable bonds is 3. The molecule has 2 N–H and O–H groups in total. The zero-order chi connectivity index (χ0) is 12.4. The topological polar surface area (TPSA) is 26.0 Å². The fraction of sp³-hybridized carbons (Fsp3) is 0.286. The van der Waals surface area contributed by atoms with Crippen LogP contribution in [-0.2, 0) is 6.42 Å². The molecule has 1 heterocycles. The Balaban J connectivity index is 2.33. The summed E-state index contributed by atoms with van der Waals surface area (Å²) in [5.41, 5.74) is 7.59. The lowest BCUT2D eigenvalue weighted by Crippen LogP contribution is -2.12. The van der Waals surface area contributed by atoms with Gasteiger partial charge in [-0.15, -0.1) is 11.3 Å². The molecule has 0 radical (unpaired) electrons. The molecule has 0 bridgehead atoms. The van der Waals surface area contributed by atoms with E-state index in [0.717, 1.165) is 16.9 Å². The summed E-state index contributed by atoms with van der Waals surface area (Å²) in [5.74, 6) is -0.219. The van der Waals surface area contributed by atoms with Gasteiger partial charge in [0.1, 0.15) is 5.82 Å². The van der Waals surface area contributed by atoms with Crippen molar-refractivity contribution in [2.45, 2.75) is 26.3 Å². The number of thiophene rings is 1. The van der Waals surface area contributed by atoms with Crippen molar-refractivity contribution in [3.63, 3.8) is 0 Å². The molecule has 1 nitrogen and oxygen atoms in total. The van der Waals surface area contributed by atoms with Crippen molar-refractivity contribution in [3.05, 3.63) is 57.0 Å². The molecule has 1 unspecified atom stereocenters. The summed E-state index contributed by atoms with van der Waals surface area (Å²) in [4.78, 5) is 2.30. The quantitative estimate of drug-likeness (QED) is 0.879. The molecular weight excluding hydrogens is 233 g/mol. The van der Waals surface area contributed by atoms with Gasteiger partial charge in [0.05, 0.1) is 6.04 Å². The van der Waals surface area contributed by atoms with Crippen LogP contribution in [0.3, 0.4) is 0 Å². The predicted octanol–water partition coefficient (Wildman–Crippen LogP) is 3.81. The summed E-state index contributed by atoms with van der Waals surface area (Å²) in [7, 11) is 0. The summed E-state index contributed by atoms with van der Waals surface area (Å²) in [6.07, 6.45) is 0.994. The van der Waals surface area contributed by atoms with Crippen LogP contribution in [0, 0.1) is 12.7 Å². The van der Waals surface area contributed by atoms with Crippen LogP contribution in [0.25, 0.3) is 0 Å². The molecule has 1 aromatic heterocycles. The lowest BCUT2D eigenvalue weighted by atomic mass is 10.0. The maximum absolute atomic E-state index is 13.8. The average Bonchev–Trinajstić information content (AvgIpc) is 2.76. The monoisotopic (exact) mass is 249 g/mol. The number of benzene rings is 1. The van der Waals surface area contributed by atoms with Crippen LogP contribution in [0.2, 0.25) is 0 Å². The Morgan fingerprint density at radius 1 is 1.29 bits per heavy atom. The fourth-order valence-electron chi connectivity index (χ4n) is 1.79. The van der Waals surface area contributed by atoms with Crippen molar-refractivity contribution >= 4 is 11.3 Å². The first-order valence-electron chi connectivity index (χ1n) is 5.72. The molecule has 2 rings (SSSR count). The average molecular weight is 249 g/mol. The third-order valence-corrected chi connectivity index (χ3v) is 4.14. The number of aryl methyl sites for hydroxylation is 2. The Morgan fingerprint density at radius 3 is 2.65 bits per heavy atom. The molecule has 0 fully saturated rings. The molecule has 2 aromatic rings. The van der Waals surface area contributed by atoms with Crippen LogP contribution in [0.5, 0.6) is 0 Å². The molecule has 0 aliphatic carbocycles. The van der Waals surface area contributed by atoms with Crippen LogP contribution in [0.15, 0.2) is 30.3 Å². The highest BCUT2D eigenvalue weighted by Crippen LogP contribution is 2.28. The van der Waals surface area contributed by atoms with E-state index in [1.807, 2.05) is 19.1 Å². The van der Waals surface area contributed by atoms with Gasteiger partial charge in [-0.25, -0.2) is 4.39 Å². The van der Waals surface area contributed by atoms with Crippen molar-refractivity contribution in [1.29, 1.82) is 0 Å². The zero-order valence-corrected chi connectivity index (χ0v) is 10.9. The normalized spacial score (nSPS) is 12.7. The first kappa shape index (κ1) is 12.3. The number of nitrogens with two attached hydrogens (primary N) is 1. The van der Waals surface area contributed by atoms with E-state index in [4.69, 9.17) is 5.73 Å². The SMILES string of the molecule is CCc1ccc(C(N)c2ccc(C)cc2F)s1. The van der Waals surface area contributed by atoms with Gasteiger partial charge in [0.25, 0.3) is 0 Å². The lowest BCUT2D eigenvalue weighted by molar-refractivity contribution is 0.600. The van der Waals surface area contributed by atoms with Crippen molar-refractivity contribution in [1.82, 2.24) is 0 Å². The van der Waals surface area contributed by atoms with Gasteiger partial charge in [-0.05, 0) is 37.1 Å². The minimum absolute atomic E-state index is 0.219. The maximum Gasteiger partial charge on any atom is 0.128 e. The predicted molar refractivity (Wildman–Crippen MR) is 70.9 cm³/mol. The molecule has 0 saturated carbocycles. The molecule has 0 spiro atoms. The highest BCUT2D eigenvalue weighted by Gasteiger charge is 2.15. The molecule has 90 valence electrons. The highest BCUT2D eigenvalue weighted by molar-refractivity contribution is 7.12. The van der Waals surface area contributed by atoms with E-state index in [9.17, 15) is 4.39 Å². The van der Waals surface area contributed by atoms with Gasteiger partial charge in [-0.2, -0.15) is 0 Å². The van der Waals surface area contributed by atoms with Crippen LogP contribution >= 0.6 is 11.3 Å². The van der Waals surface area contributed by atoms with Crippen LogP contribution in [-0.4, -0.2) is 0 Å². The Hall–Kier alpha value is -1.19. The third-order valence-electron chi connectivity index (χ3n) is 2.83. The summed E-state index contributed by atoms with van der Waals surface area (Å²) in [6.45, 7) is 3.98. The summed E-state index contributed by atoms with van der Waals surface area (Å²) in [6, 6.07) is 8.90. The number of halogens is 1. The van der Waals surface area contributed by atoms with Crippen molar-refractivity contribution in [3.8, 4) is 0 Å². The van der Waals surface area contributed by atoms with Crippen molar-refractivity contribution < 1.29 is 4.39 Å². The molecule has 1 atom stereocenters. The largest absolute Gasteiger partial charge is 0.320 e. The van der Waals surface area contributed by atoms with E-state index < -0.39 is 0 Å². The molecule has 0 saturated heterocycles. The Bertz CT molecular complexity index is 519. The number of hydrogen-bond acceptors (Lipinski definition) is 2. The molecular formula is C14H16FNS. The van der Waals surface area contributed by atoms with Gasteiger partial charge in [-0.1, -0.05) is 19.1 Å². The van der Waals surface area contributed by atoms with E-state index in [-0.39, 0.29) is 11.9 Å². The Kier molecular flexibility index (Phi) is 3.60. The van der Waals surface area contributed by atoms with Gasteiger partial charge in [0.2, 0.25) is 0 Å². The van der Waals surface area contributed by atoms with Crippen LogP contribution in [0.1, 0.15) is 33.8 Å². The third kappa shape index (κ3) is 2.56. The van der Waals surface area contributed by atoms with Gasteiger partial charge < -0.3 is 5.73 Å². The van der Waals surface area contributed by atoms with Gasteiger partial charge in [0, 0.05) is 15.3 Å². The van der Waals surface area contributed by atoms with E-state index in [1.165, 1.54) is 10.9 Å². The van der Waals surface area contributed by atoms with E-state index >= 15 is 0 Å². The highest BCUT2D eigenvalue weighted by atomic mass is 32.1. The fourth-order valence-corrected chi connectivity index (χ4v) is 2.76. The maximum atomic E-state index is 13.8. The molecule has 0 amide bonds. The van der Waals surface area contributed by atoms with Gasteiger partial charge >= 0.3 is 0 Å². The summed E-state index contributed by atoms with van der Waals surface area (Å²) in [5, 5.41) is 0. The minimum Gasteiger partial charge on any atom is -0.320 e. The minimum atomic E-state index is -0.360. The molecule has 0 aliphatic heterocycles. The molecule has 17 heavy (non-hydrogen) atoms. The first-order chi connectivity index (χ1) is 8.11. The van der Waals surface area contributed by atoms with E-state index in [1.54, 1.807) is 17.4 Å². The smallest absolute Gasteiger partial charge is 0.128 e. The molecule has 3 heteroatoms.